The van der Waals surface area contributed by atoms with E-state index in [1.807, 2.05) is 6.07 Å². The number of rotatable bonds is 8. The van der Waals surface area contributed by atoms with Gasteiger partial charge in [0, 0.05) is 6.54 Å². The number of carboxylic acid groups (broad SMARTS) is 1. The van der Waals surface area contributed by atoms with Gasteiger partial charge in [-0.1, -0.05) is 44.2 Å². The van der Waals surface area contributed by atoms with Crippen molar-refractivity contribution in [3.63, 3.8) is 0 Å². The van der Waals surface area contributed by atoms with Crippen molar-refractivity contribution < 1.29 is 15.0 Å². The van der Waals surface area contributed by atoms with Crippen molar-refractivity contribution >= 4 is 5.97 Å². The molecule has 2 N–H and O–H groups in total. The second-order valence-electron chi connectivity index (χ2n) is 5.32. The number of hydrogen-bond donors (Lipinski definition) is 2. The van der Waals surface area contributed by atoms with Gasteiger partial charge in [-0.15, -0.1) is 0 Å². The van der Waals surface area contributed by atoms with E-state index in [2.05, 4.69) is 18.7 Å². The highest BCUT2D eigenvalue weighted by atomic mass is 16.4. The Labute approximate surface area is 121 Å². The minimum absolute atomic E-state index is 0.431. The van der Waals surface area contributed by atoms with Crippen molar-refractivity contribution in [3.05, 3.63) is 35.9 Å². The fourth-order valence-electron chi connectivity index (χ4n) is 2.48. The topological polar surface area (TPSA) is 60.8 Å². The van der Waals surface area contributed by atoms with Gasteiger partial charge in [-0.3, -0.25) is 4.79 Å². The summed E-state index contributed by atoms with van der Waals surface area (Å²) in [5.74, 6) is -1.89. The van der Waals surface area contributed by atoms with Crippen LogP contribution in [0.5, 0.6) is 0 Å². The van der Waals surface area contributed by atoms with E-state index in [1.165, 1.54) is 0 Å². The summed E-state index contributed by atoms with van der Waals surface area (Å²) in [5.41, 5.74) is -0.625. The third-order valence-corrected chi connectivity index (χ3v) is 3.83. The lowest BCUT2D eigenvalue weighted by Gasteiger charge is -2.32. The van der Waals surface area contributed by atoms with Crippen molar-refractivity contribution in [1.29, 1.82) is 0 Å². The van der Waals surface area contributed by atoms with Gasteiger partial charge in [0.15, 0.2) is 0 Å². The Morgan fingerprint density at radius 3 is 2.25 bits per heavy atom. The molecule has 20 heavy (non-hydrogen) atoms. The summed E-state index contributed by atoms with van der Waals surface area (Å²) in [5, 5.41) is 20.1. The molecule has 0 heterocycles. The number of carboxylic acids is 1. The Morgan fingerprint density at radius 2 is 1.80 bits per heavy atom. The third-order valence-electron chi connectivity index (χ3n) is 3.83. The summed E-state index contributed by atoms with van der Waals surface area (Å²) in [6.07, 6.45) is 0.431. The number of aliphatic hydroxyl groups is 1. The predicted octanol–water partition coefficient (Wildman–Crippen LogP) is 2.34. The second kappa shape index (κ2) is 7.41. The fraction of sp³-hybridized carbons (Fsp3) is 0.562. The molecule has 4 nitrogen and oxygen atoms in total. The lowest BCUT2D eigenvalue weighted by molar-refractivity contribution is -0.145. The van der Waals surface area contributed by atoms with E-state index in [0.717, 1.165) is 13.1 Å². The first-order valence-electron chi connectivity index (χ1n) is 7.14. The molecule has 0 amide bonds. The molecule has 0 aromatic heterocycles. The number of carbonyl (C=O) groups is 1. The summed E-state index contributed by atoms with van der Waals surface area (Å²) in [7, 11) is 0. The quantitative estimate of drug-likeness (QED) is 0.767. The SMILES string of the molecule is CCN(CC)CC[C@@](C)(O)[C@H](C(=O)O)c1ccccc1. The van der Waals surface area contributed by atoms with Gasteiger partial charge in [-0.25, -0.2) is 0 Å². The lowest BCUT2D eigenvalue weighted by Crippen LogP contribution is -2.41. The van der Waals surface area contributed by atoms with Crippen LogP contribution in [0, 0.1) is 0 Å². The highest BCUT2D eigenvalue weighted by Gasteiger charge is 2.38. The normalized spacial score (nSPS) is 15.8. The molecule has 112 valence electrons. The van der Waals surface area contributed by atoms with Gasteiger partial charge in [-0.05, 0) is 32.0 Å². The van der Waals surface area contributed by atoms with Gasteiger partial charge < -0.3 is 15.1 Å². The fourth-order valence-corrected chi connectivity index (χ4v) is 2.48. The molecular weight excluding hydrogens is 254 g/mol. The molecule has 0 aliphatic rings. The van der Waals surface area contributed by atoms with Gasteiger partial charge in [0.25, 0.3) is 0 Å². The molecule has 0 radical (unpaired) electrons. The first-order chi connectivity index (χ1) is 9.42. The summed E-state index contributed by atoms with van der Waals surface area (Å²) in [6.45, 7) is 8.22. The molecule has 1 aromatic rings. The molecule has 0 fully saturated rings. The van der Waals surface area contributed by atoms with Crippen LogP contribution < -0.4 is 0 Å². The maximum atomic E-state index is 11.6. The van der Waals surface area contributed by atoms with Crippen LogP contribution in [-0.4, -0.2) is 46.3 Å². The Kier molecular flexibility index (Phi) is 6.17. The minimum Gasteiger partial charge on any atom is -0.481 e. The van der Waals surface area contributed by atoms with Crippen LogP contribution in [0.3, 0.4) is 0 Å². The van der Waals surface area contributed by atoms with Crippen LogP contribution in [0.1, 0.15) is 38.7 Å². The van der Waals surface area contributed by atoms with Crippen LogP contribution in [-0.2, 0) is 4.79 Å². The number of aliphatic carboxylic acids is 1. The van der Waals surface area contributed by atoms with Crippen molar-refractivity contribution in [2.45, 2.75) is 38.7 Å². The second-order valence-corrected chi connectivity index (χ2v) is 5.32. The number of hydrogen-bond acceptors (Lipinski definition) is 3. The molecule has 0 saturated heterocycles. The van der Waals surface area contributed by atoms with E-state index in [9.17, 15) is 15.0 Å². The Morgan fingerprint density at radius 1 is 1.25 bits per heavy atom. The highest BCUT2D eigenvalue weighted by molar-refractivity contribution is 5.77. The lowest BCUT2D eigenvalue weighted by atomic mass is 9.81. The first-order valence-corrected chi connectivity index (χ1v) is 7.14. The molecule has 0 aliphatic carbocycles. The van der Waals surface area contributed by atoms with Gasteiger partial charge in [0.2, 0.25) is 0 Å². The summed E-state index contributed by atoms with van der Waals surface area (Å²) in [4.78, 5) is 13.7. The van der Waals surface area contributed by atoms with Crippen LogP contribution in [0.4, 0.5) is 0 Å². The van der Waals surface area contributed by atoms with Gasteiger partial charge >= 0.3 is 5.97 Å². The van der Waals surface area contributed by atoms with Gasteiger partial charge in [0.05, 0.1) is 5.60 Å². The zero-order valence-corrected chi connectivity index (χ0v) is 12.5. The predicted molar refractivity (Wildman–Crippen MR) is 79.8 cm³/mol. The average Bonchev–Trinajstić information content (AvgIpc) is 2.40. The molecule has 4 heteroatoms. The van der Waals surface area contributed by atoms with Crippen molar-refractivity contribution in [3.8, 4) is 0 Å². The average molecular weight is 279 g/mol. The van der Waals surface area contributed by atoms with E-state index in [1.54, 1.807) is 31.2 Å². The van der Waals surface area contributed by atoms with E-state index in [4.69, 9.17) is 0 Å². The molecule has 2 atom stereocenters. The maximum Gasteiger partial charge on any atom is 0.313 e. The van der Waals surface area contributed by atoms with E-state index in [0.29, 0.717) is 18.5 Å². The molecule has 1 rings (SSSR count). The Hall–Kier alpha value is -1.39. The monoisotopic (exact) mass is 279 g/mol. The standard InChI is InChI=1S/C16H25NO3/c1-4-17(5-2)12-11-16(3,20)14(15(18)19)13-9-7-6-8-10-13/h6-10,14,20H,4-5,11-12H2,1-3H3,(H,18,19)/t14-,16+/m0/s1. The maximum absolute atomic E-state index is 11.6. The molecule has 1 aromatic carbocycles. The molecular formula is C16H25NO3. The third kappa shape index (κ3) is 4.32. The van der Waals surface area contributed by atoms with E-state index < -0.39 is 17.5 Å². The Bertz CT molecular complexity index is 413. The molecule has 0 bridgehead atoms. The zero-order valence-electron chi connectivity index (χ0n) is 12.5. The minimum atomic E-state index is -1.27. The summed E-state index contributed by atoms with van der Waals surface area (Å²) < 4.78 is 0. The smallest absolute Gasteiger partial charge is 0.313 e. The van der Waals surface area contributed by atoms with Crippen LogP contribution >= 0.6 is 0 Å². The van der Waals surface area contributed by atoms with Crippen molar-refractivity contribution in [1.82, 2.24) is 4.90 Å². The van der Waals surface area contributed by atoms with Crippen molar-refractivity contribution in [2.24, 2.45) is 0 Å². The van der Waals surface area contributed by atoms with Crippen molar-refractivity contribution in [2.75, 3.05) is 19.6 Å². The molecule has 0 saturated carbocycles. The van der Waals surface area contributed by atoms with E-state index in [-0.39, 0.29) is 0 Å². The zero-order chi connectivity index (χ0) is 15.2. The number of nitrogens with zero attached hydrogens (tertiary/aromatic N) is 1. The number of benzene rings is 1. The molecule has 0 unspecified atom stereocenters. The van der Waals surface area contributed by atoms with Crippen LogP contribution in [0.2, 0.25) is 0 Å². The molecule has 0 aliphatic heterocycles. The Balaban J connectivity index is 2.87. The van der Waals surface area contributed by atoms with Gasteiger partial charge in [0.1, 0.15) is 5.92 Å². The first kappa shape index (κ1) is 16.7. The van der Waals surface area contributed by atoms with Crippen LogP contribution in [0.25, 0.3) is 0 Å². The van der Waals surface area contributed by atoms with Crippen LogP contribution in [0.15, 0.2) is 30.3 Å². The summed E-state index contributed by atoms with van der Waals surface area (Å²) in [6, 6.07) is 8.94. The van der Waals surface area contributed by atoms with E-state index >= 15 is 0 Å². The summed E-state index contributed by atoms with van der Waals surface area (Å²) >= 11 is 0. The largest absolute Gasteiger partial charge is 0.481 e. The van der Waals surface area contributed by atoms with Gasteiger partial charge in [-0.2, -0.15) is 0 Å². The molecule has 0 spiro atoms. The highest BCUT2D eigenvalue weighted by Crippen LogP contribution is 2.31.